The smallest absolute Gasteiger partial charge is 0.204 e. The Morgan fingerprint density at radius 3 is 2.12 bits per heavy atom. The van der Waals surface area contributed by atoms with Gasteiger partial charge < -0.3 is 4.43 Å². The van der Waals surface area contributed by atoms with Gasteiger partial charge >= 0.3 is 0 Å². The summed E-state index contributed by atoms with van der Waals surface area (Å²) in [5, 5.41) is 0. The number of hydrogen-bond acceptors (Lipinski definition) is 1. The molecule has 0 spiro atoms. The highest BCUT2D eigenvalue weighted by Crippen LogP contribution is 2.25. The highest BCUT2D eigenvalue weighted by Gasteiger charge is 2.19. The lowest BCUT2D eigenvalue weighted by atomic mass is 9.99. The van der Waals surface area contributed by atoms with Crippen LogP contribution in [-0.2, 0) is 4.43 Å². The maximum Gasteiger partial charge on any atom is 0.204 e. The van der Waals surface area contributed by atoms with Gasteiger partial charge in [-0.3, -0.25) is 0 Å². The second kappa shape index (κ2) is 9.34. The predicted octanol–water partition coefficient (Wildman–Crippen LogP) is 5.18. The maximum atomic E-state index is 5.74. The first kappa shape index (κ1) is 17.4. The predicted molar refractivity (Wildman–Crippen MR) is 83.8 cm³/mol. The summed E-state index contributed by atoms with van der Waals surface area (Å²) < 4.78 is 5.74. The van der Waals surface area contributed by atoms with E-state index in [1.54, 1.807) is 0 Å². The average molecular weight is 274 g/mol. The Morgan fingerprint density at radius 2 is 1.65 bits per heavy atom. The van der Waals surface area contributed by atoms with E-state index in [2.05, 4.69) is 39.7 Å². The van der Waals surface area contributed by atoms with Gasteiger partial charge in [0.05, 0.1) is 0 Å². The maximum absolute atomic E-state index is 5.74. The van der Waals surface area contributed by atoms with Gasteiger partial charge in [-0.15, -0.1) is 0 Å². The van der Waals surface area contributed by atoms with Crippen molar-refractivity contribution in [1.29, 1.82) is 0 Å². The summed E-state index contributed by atoms with van der Waals surface area (Å²) in [6, 6.07) is 1.50. The van der Waals surface area contributed by atoms with E-state index in [0.29, 0.717) is 0 Å². The molecule has 0 aromatic heterocycles. The zero-order valence-electron chi connectivity index (χ0n) is 12.9. The van der Waals surface area contributed by atoms with Crippen molar-refractivity contribution in [3.8, 4) is 0 Å². The van der Waals surface area contributed by atoms with Crippen LogP contribution in [0.4, 0.5) is 0 Å². The summed E-state index contributed by atoms with van der Waals surface area (Å²) in [6.45, 7) is 15.3. The first-order chi connectivity index (χ1) is 7.85. The van der Waals surface area contributed by atoms with Gasteiger partial charge in [-0.2, -0.15) is 0 Å². The fraction of sp³-hybridized carbons (Fsp3) is 1.00. The fourth-order valence-electron chi connectivity index (χ4n) is 2.36. The van der Waals surface area contributed by atoms with E-state index in [1.165, 1.54) is 38.1 Å². The molecule has 0 aliphatic heterocycles. The Balaban J connectivity index is 3.85. The molecular formula is C14H33OSi2. The molecule has 0 saturated heterocycles. The van der Waals surface area contributed by atoms with Gasteiger partial charge in [0.15, 0.2) is 0 Å². The van der Waals surface area contributed by atoms with Crippen LogP contribution >= 0.6 is 0 Å². The third-order valence-corrected chi connectivity index (χ3v) is 5.60. The lowest BCUT2D eigenvalue weighted by Crippen LogP contribution is -2.24. The lowest BCUT2D eigenvalue weighted by Gasteiger charge is -2.24. The largest absolute Gasteiger partial charge is 0.417 e. The standard InChI is InChI=1S/C14H33OSi2/c1-7-8-10-14(13-17(4,5)6)11-9-12-15-16(2)3/h14H,7-13H2,1-6H3. The van der Waals surface area contributed by atoms with E-state index in [1.807, 2.05) is 0 Å². The molecule has 0 aliphatic rings. The van der Waals surface area contributed by atoms with Crippen LogP contribution in [0.25, 0.3) is 0 Å². The molecule has 103 valence electrons. The zero-order valence-corrected chi connectivity index (χ0v) is 14.9. The average Bonchev–Trinajstić information content (AvgIpc) is 2.18. The van der Waals surface area contributed by atoms with Gasteiger partial charge in [0, 0.05) is 14.7 Å². The van der Waals surface area contributed by atoms with Crippen LogP contribution in [0.5, 0.6) is 0 Å². The van der Waals surface area contributed by atoms with Crippen LogP contribution in [0.3, 0.4) is 0 Å². The van der Waals surface area contributed by atoms with Gasteiger partial charge in [0.1, 0.15) is 0 Å². The molecule has 0 aliphatic carbocycles. The Kier molecular flexibility index (Phi) is 9.56. The van der Waals surface area contributed by atoms with Crippen molar-refractivity contribution < 1.29 is 4.43 Å². The van der Waals surface area contributed by atoms with E-state index in [-0.39, 0.29) is 0 Å². The summed E-state index contributed by atoms with van der Waals surface area (Å²) in [7, 11) is -1.36. The van der Waals surface area contributed by atoms with E-state index in [0.717, 1.165) is 12.5 Å². The molecule has 0 saturated carbocycles. The highest BCUT2D eigenvalue weighted by molar-refractivity contribution is 6.76. The summed E-state index contributed by atoms with van der Waals surface area (Å²) in [5.41, 5.74) is 0. The van der Waals surface area contributed by atoms with Gasteiger partial charge in [-0.1, -0.05) is 51.9 Å². The van der Waals surface area contributed by atoms with Crippen molar-refractivity contribution in [2.24, 2.45) is 5.92 Å². The van der Waals surface area contributed by atoms with Crippen LogP contribution in [0, 0.1) is 5.92 Å². The summed E-state index contributed by atoms with van der Waals surface area (Å²) in [6.07, 6.45) is 6.85. The Hall–Kier alpha value is 0.394. The van der Waals surface area contributed by atoms with Crippen molar-refractivity contribution in [3.63, 3.8) is 0 Å². The minimum Gasteiger partial charge on any atom is -0.417 e. The van der Waals surface area contributed by atoms with Gasteiger partial charge in [0.25, 0.3) is 0 Å². The first-order valence-electron chi connectivity index (χ1n) is 7.28. The number of rotatable bonds is 10. The van der Waals surface area contributed by atoms with E-state index < -0.39 is 17.1 Å². The molecule has 3 heteroatoms. The molecule has 1 unspecified atom stereocenters. The molecule has 1 atom stereocenters. The third-order valence-electron chi connectivity index (χ3n) is 3.01. The van der Waals surface area contributed by atoms with Crippen LogP contribution < -0.4 is 0 Å². The minimum absolute atomic E-state index is 0.475. The summed E-state index contributed by atoms with van der Waals surface area (Å²) in [5.74, 6) is 0.967. The fourth-order valence-corrected chi connectivity index (χ4v) is 5.05. The molecule has 0 aromatic rings. The van der Waals surface area contributed by atoms with E-state index >= 15 is 0 Å². The van der Waals surface area contributed by atoms with Crippen molar-refractivity contribution in [2.45, 2.75) is 77.8 Å². The molecule has 17 heavy (non-hydrogen) atoms. The zero-order chi connectivity index (χ0) is 13.3. The SMILES string of the molecule is CCCCC(CCCO[Si](C)C)C[Si](C)(C)C. The molecule has 0 aromatic carbocycles. The first-order valence-corrected chi connectivity index (χ1v) is 13.4. The number of hydrogen-bond donors (Lipinski definition) is 0. The van der Waals surface area contributed by atoms with Crippen molar-refractivity contribution in [1.82, 2.24) is 0 Å². The Bertz CT molecular complexity index is 176. The van der Waals surface area contributed by atoms with Crippen LogP contribution in [-0.4, -0.2) is 23.7 Å². The molecule has 0 N–H and O–H groups in total. The van der Waals surface area contributed by atoms with Crippen molar-refractivity contribution in [3.05, 3.63) is 0 Å². The normalized spacial score (nSPS) is 14.3. The highest BCUT2D eigenvalue weighted by atomic mass is 28.3. The van der Waals surface area contributed by atoms with Crippen molar-refractivity contribution in [2.75, 3.05) is 6.61 Å². The van der Waals surface area contributed by atoms with E-state index in [4.69, 9.17) is 4.43 Å². The molecular weight excluding hydrogens is 240 g/mol. The molecule has 0 heterocycles. The van der Waals surface area contributed by atoms with Gasteiger partial charge in [0.2, 0.25) is 9.04 Å². The lowest BCUT2D eigenvalue weighted by molar-refractivity contribution is 0.297. The molecule has 1 nitrogen and oxygen atoms in total. The summed E-state index contributed by atoms with van der Waals surface area (Å²) in [4.78, 5) is 0. The summed E-state index contributed by atoms with van der Waals surface area (Å²) >= 11 is 0. The second-order valence-electron chi connectivity index (χ2n) is 6.67. The van der Waals surface area contributed by atoms with Crippen molar-refractivity contribution >= 4 is 17.1 Å². The monoisotopic (exact) mass is 273 g/mol. The van der Waals surface area contributed by atoms with Crippen LogP contribution in [0.2, 0.25) is 38.8 Å². The Morgan fingerprint density at radius 1 is 1.06 bits per heavy atom. The Labute approximate surface area is 112 Å². The third kappa shape index (κ3) is 12.6. The molecule has 0 amide bonds. The molecule has 0 bridgehead atoms. The van der Waals surface area contributed by atoms with Gasteiger partial charge in [-0.05, 0) is 31.9 Å². The molecule has 1 radical (unpaired) electrons. The quantitative estimate of drug-likeness (QED) is 0.394. The molecule has 0 rings (SSSR count). The number of unbranched alkanes of at least 4 members (excludes halogenated alkanes) is 1. The van der Waals surface area contributed by atoms with Gasteiger partial charge in [-0.25, -0.2) is 0 Å². The second-order valence-corrected chi connectivity index (χ2v) is 14.3. The molecule has 0 fully saturated rings. The minimum atomic E-state index is -0.887. The van der Waals surface area contributed by atoms with E-state index in [9.17, 15) is 0 Å². The topological polar surface area (TPSA) is 9.23 Å². The van der Waals surface area contributed by atoms with Crippen LogP contribution in [0.15, 0.2) is 0 Å². The van der Waals surface area contributed by atoms with Crippen LogP contribution in [0.1, 0.15) is 39.0 Å².